The smallest absolute Gasteiger partial charge is 0.0350 e. The summed E-state index contributed by atoms with van der Waals surface area (Å²) in [4.78, 5) is 2.72. The van der Waals surface area contributed by atoms with E-state index < -0.39 is 0 Å². The Morgan fingerprint density at radius 3 is 2.22 bits per heavy atom. The number of nitrogens with two attached hydrogens (primary N) is 1. The zero-order valence-electron chi connectivity index (χ0n) is 11.8. The van der Waals surface area contributed by atoms with Crippen LogP contribution in [0.2, 0.25) is 0 Å². The first-order valence-electron chi connectivity index (χ1n) is 6.26. The van der Waals surface area contributed by atoms with Crippen LogP contribution in [0.15, 0.2) is 24.3 Å². The van der Waals surface area contributed by atoms with E-state index in [1.54, 1.807) is 0 Å². The monoisotopic (exact) mass is 259 g/mol. The highest BCUT2D eigenvalue weighted by Gasteiger charge is 2.17. The van der Waals surface area contributed by atoms with E-state index in [-0.39, 0.29) is 5.41 Å². The molecule has 2 heteroatoms. The molecular weight excluding hydrogens is 238 g/mol. The molecule has 2 rings (SSSR count). The lowest BCUT2D eigenvalue weighted by Gasteiger charge is -2.15. The molecule has 0 unspecified atom stereocenters. The van der Waals surface area contributed by atoms with Gasteiger partial charge in [-0.25, -0.2) is 0 Å². The third kappa shape index (κ3) is 2.44. The van der Waals surface area contributed by atoms with Gasteiger partial charge in [-0.05, 0) is 54.2 Å². The molecule has 1 heterocycles. The second-order valence-corrected chi connectivity index (χ2v) is 7.02. The first-order valence-corrected chi connectivity index (χ1v) is 7.08. The van der Waals surface area contributed by atoms with Crippen LogP contribution < -0.4 is 5.73 Å². The summed E-state index contributed by atoms with van der Waals surface area (Å²) >= 11 is 1.87. The van der Waals surface area contributed by atoms with Crippen molar-refractivity contribution in [2.24, 2.45) is 0 Å². The molecule has 0 aliphatic heterocycles. The molecule has 0 aliphatic rings. The predicted octanol–water partition coefficient (Wildman–Crippen LogP) is 4.91. The summed E-state index contributed by atoms with van der Waals surface area (Å²) in [6, 6.07) is 8.71. The number of aryl methyl sites for hydroxylation is 2. The van der Waals surface area contributed by atoms with E-state index in [1.165, 1.54) is 20.9 Å². The molecule has 0 saturated heterocycles. The molecule has 2 aromatic rings. The van der Waals surface area contributed by atoms with Crippen molar-refractivity contribution in [3.05, 3.63) is 40.3 Å². The Kier molecular flexibility index (Phi) is 3.24. The molecular formula is C16H21NS. The van der Waals surface area contributed by atoms with Crippen LogP contribution in [0.3, 0.4) is 0 Å². The number of benzene rings is 1. The second-order valence-electron chi connectivity index (χ2n) is 5.94. The Hall–Kier alpha value is -1.28. The quantitative estimate of drug-likeness (QED) is 0.723. The van der Waals surface area contributed by atoms with Crippen LogP contribution in [0.5, 0.6) is 0 Å². The van der Waals surface area contributed by atoms with Crippen molar-refractivity contribution in [1.82, 2.24) is 0 Å². The Balaban J connectivity index is 2.50. The first-order chi connectivity index (χ1) is 8.29. The van der Waals surface area contributed by atoms with Gasteiger partial charge in [0.1, 0.15) is 0 Å². The normalized spacial score (nSPS) is 11.8. The fraction of sp³-hybridized carbons (Fsp3) is 0.375. The minimum atomic E-state index is 0.215. The molecule has 1 aromatic heterocycles. The predicted molar refractivity (Wildman–Crippen MR) is 82.3 cm³/mol. The van der Waals surface area contributed by atoms with Gasteiger partial charge in [-0.2, -0.15) is 0 Å². The van der Waals surface area contributed by atoms with Crippen molar-refractivity contribution in [3.8, 4) is 10.4 Å². The van der Waals surface area contributed by atoms with Crippen LogP contribution >= 0.6 is 11.3 Å². The van der Waals surface area contributed by atoms with Crippen LogP contribution in [0, 0.1) is 13.8 Å². The van der Waals surface area contributed by atoms with E-state index in [0.717, 1.165) is 11.3 Å². The molecule has 0 aliphatic carbocycles. The van der Waals surface area contributed by atoms with E-state index in [1.807, 2.05) is 11.3 Å². The maximum absolute atomic E-state index is 6.02. The van der Waals surface area contributed by atoms with Gasteiger partial charge in [0.2, 0.25) is 0 Å². The lowest BCUT2D eigenvalue weighted by Crippen LogP contribution is -2.07. The van der Waals surface area contributed by atoms with Crippen LogP contribution in [0.4, 0.5) is 5.69 Å². The maximum atomic E-state index is 6.02. The van der Waals surface area contributed by atoms with Gasteiger partial charge in [-0.15, -0.1) is 11.3 Å². The molecule has 0 amide bonds. The molecule has 1 nitrogen and oxygen atoms in total. The molecule has 0 fully saturated rings. The summed E-state index contributed by atoms with van der Waals surface area (Å²) in [5.74, 6) is 0. The SMILES string of the molecule is Cc1cc(C)c(-c2ccc(C(C)(C)C)s2)cc1N. The van der Waals surface area contributed by atoms with Gasteiger partial charge in [-0.3, -0.25) is 0 Å². The molecule has 2 N–H and O–H groups in total. The zero-order chi connectivity index (χ0) is 13.5. The van der Waals surface area contributed by atoms with Crippen molar-refractivity contribution in [1.29, 1.82) is 0 Å². The van der Waals surface area contributed by atoms with E-state index in [4.69, 9.17) is 5.73 Å². The van der Waals surface area contributed by atoms with Gasteiger partial charge < -0.3 is 5.73 Å². The summed E-state index contributed by atoms with van der Waals surface area (Å²) in [7, 11) is 0. The minimum Gasteiger partial charge on any atom is -0.398 e. The summed E-state index contributed by atoms with van der Waals surface area (Å²) in [6.07, 6.45) is 0. The number of anilines is 1. The zero-order valence-corrected chi connectivity index (χ0v) is 12.6. The largest absolute Gasteiger partial charge is 0.398 e. The van der Waals surface area contributed by atoms with Crippen molar-refractivity contribution < 1.29 is 0 Å². The molecule has 1 aromatic carbocycles. The Morgan fingerprint density at radius 1 is 1.00 bits per heavy atom. The van der Waals surface area contributed by atoms with E-state index in [9.17, 15) is 0 Å². The molecule has 0 atom stereocenters. The fourth-order valence-corrected chi connectivity index (χ4v) is 3.17. The van der Waals surface area contributed by atoms with E-state index >= 15 is 0 Å². The lowest BCUT2D eigenvalue weighted by molar-refractivity contribution is 0.604. The van der Waals surface area contributed by atoms with Gasteiger partial charge >= 0.3 is 0 Å². The summed E-state index contributed by atoms with van der Waals surface area (Å²) in [5, 5.41) is 0. The van der Waals surface area contributed by atoms with Crippen LogP contribution in [-0.4, -0.2) is 0 Å². The van der Waals surface area contributed by atoms with Crippen LogP contribution in [0.1, 0.15) is 36.8 Å². The second kappa shape index (κ2) is 4.43. The Labute approximate surface area is 114 Å². The topological polar surface area (TPSA) is 26.0 Å². The van der Waals surface area contributed by atoms with Crippen LogP contribution in [-0.2, 0) is 5.41 Å². The fourth-order valence-electron chi connectivity index (χ4n) is 2.02. The third-order valence-corrected chi connectivity index (χ3v) is 4.77. The first kappa shape index (κ1) is 13.2. The molecule has 0 bridgehead atoms. The number of rotatable bonds is 1. The highest BCUT2D eigenvalue weighted by atomic mass is 32.1. The highest BCUT2D eigenvalue weighted by Crippen LogP contribution is 2.37. The van der Waals surface area contributed by atoms with Crippen molar-refractivity contribution in [2.45, 2.75) is 40.0 Å². The number of nitrogen functional groups attached to an aromatic ring is 1. The minimum absolute atomic E-state index is 0.215. The van der Waals surface area contributed by atoms with Crippen molar-refractivity contribution >= 4 is 17.0 Å². The van der Waals surface area contributed by atoms with Crippen LogP contribution in [0.25, 0.3) is 10.4 Å². The molecule has 18 heavy (non-hydrogen) atoms. The average Bonchev–Trinajstić information content (AvgIpc) is 2.72. The highest BCUT2D eigenvalue weighted by molar-refractivity contribution is 7.15. The van der Waals surface area contributed by atoms with Gasteiger partial charge in [0, 0.05) is 15.4 Å². The van der Waals surface area contributed by atoms with E-state index in [2.05, 4.69) is 58.9 Å². The van der Waals surface area contributed by atoms with Crippen molar-refractivity contribution in [2.75, 3.05) is 5.73 Å². The molecule has 0 spiro atoms. The number of thiophene rings is 1. The average molecular weight is 259 g/mol. The van der Waals surface area contributed by atoms with Gasteiger partial charge in [-0.1, -0.05) is 26.8 Å². The lowest BCUT2D eigenvalue weighted by atomic mass is 9.95. The Bertz CT molecular complexity index is 573. The van der Waals surface area contributed by atoms with Gasteiger partial charge in [0.15, 0.2) is 0 Å². The summed E-state index contributed by atoms with van der Waals surface area (Å²) < 4.78 is 0. The summed E-state index contributed by atoms with van der Waals surface area (Å²) in [6.45, 7) is 11.0. The third-order valence-electron chi connectivity index (χ3n) is 3.22. The standard InChI is InChI=1S/C16H21NS/c1-10-8-11(2)13(17)9-12(10)14-6-7-15(18-14)16(3,4)5/h6-9H,17H2,1-5H3. The molecule has 96 valence electrons. The molecule has 0 radical (unpaired) electrons. The Morgan fingerprint density at radius 2 is 1.67 bits per heavy atom. The molecule has 0 saturated carbocycles. The number of hydrogen-bond acceptors (Lipinski definition) is 2. The maximum Gasteiger partial charge on any atom is 0.0350 e. The number of hydrogen-bond donors (Lipinski definition) is 1. The van der Waals surface area contributed by atoms with Crippen molar-refractivity contribution in [3.63, 3.8) is 0 Å². The van der Waals surface area contributed by atoms with E-state index in [0.29, 0.717) is 0 Å². The summed E-state index contributed by atoms with van der Waals surface area (Å²) in [5.41, 5.74) is 10.8. The van der Waals surface area contributed by atoms with Gasteiger partial charge in [0.05, 0.1) is 0 Å². The van der Waals surface area contributed by atoms with Gasteiger partial charge in [0.25, 0.3) is 0 Å².